The van der Waals surface area contributed by atoms with E-state index < -0.39 is 5.97 Å². The fraction of sp³-hybridized carbons (Fsp3) is 0.375. The molecule has 8 heteroatoms. The number of carbonyl (C=O) groups is 2. The van der Waals surface area contributed by atoms with Crippen LogP contribution in [0.1, 0.15) is 30.8 Å². The van der Waals surface area contributed by atoms with Crippen LogP contribution in [-0.4, -0.2) is 44.2 Å². The van der Waals surface area contributed by atoms with Crippen LogP contribution >= 0.6 is 0 Å². The first-order chi connectivity index (χ1) is 11.4. The topological polar surface area (TPSA) is 106 Å². The van der Waals surface area contributed by atoms with Crippen LogP contribution in [-0.2, 0) is 9.53 Å². The van der Waals surface area contributed by atoms with Crippen LogP contribution in [0.15, 0.2) is 30.5 Å². The Morgan fingerprint density at radius 2 is 2.17 bits per heavy atom. The average Bonchev–Trinajstić information content (AvgIpc) is 3.14. The number of aromatic nitrogens is 3. The van der Waals surface area contributed by atoms with Gasteiger partial charge in [-0.25, -0.2) is 9.48 Å². The largest absolute Gasteiger partial charge is 0.476 e. The van der Waals surface area contributed by atoms with Gasteiger partial charge in [-0.15, -0.1) is 5.10 Å². The molecule has 1 amide bonds. The first-order valence-electron chi connectivity index (χ1n) is 7.66. The van der Waals surface area contributed by atoms with Crippen molar-refractivity contribution in [3.8, 4) is 5.69 Å². The minimum absolute atomic E-state index is 0.0756. The molecule has 1 aromatic heterocycles. The maximum atomic E-state index is 12.4. The fourth-order valence-electron chi connectivity index (χ4n) is 2.84. The highest BCUT2D eigenvalue weighted by molar-refractivity contribution is 5.93. The fourth-order valence-corrected chi connectivity index (χ4v) is 2.84. The number of ether oxygens (including phenoxy) is 1. The van der Waals surface area contributed by atoms with Gasteiger partial charge in [0.05, 0.1) is 30.0 Å². The molecule has 126 valence electrons. The predicted octanol–water partition coefficient (Wildman–Crippen LogP) is 1.72. The molecule has 2 N–H and O–H groups in total. The van der Waals surface area contributed by atoms with Gasteiger partial charge < -0.3 is 15.2 Å². The van der Waals surface area contributed by atoms with E-state index in [0.717, 1.165) is 0 Å². The van der Waals surface area contributed by atoms with E-state index >= 15 is 0 Å². The third kappa shape index (κ3) is 3.28. The molecular weight excluding hydrogens is 312 g/mol. The van der Waals surface area contributed by atoms with Gasteiger partial charge in [-0.1, -0.05) is 11.3 Å². The van der Waals surface area contributed by atoms with Crippen molar-refractivity contribution in [1.82, 2.24) is 15.0 Å². The molecule has 0 radical (unpaired) electrons. The zero-order valence-electron chi connectivity index (χ0n) is 13.3. The quantitative estimate of drug-likeness (QED) is 0.884. The number of nitrogens with zero attached hydrogens (tertiary/aromatic N) is 3. The molecule has 0 aliphatic carbocycles. The van der Waals surface area contributed by atoms with Gasteiger partial charge in [-0.3, -0.25) is 4.79 Å². The average molecular weight is 330 g/mol. The molecule has 1 fully saturated rings. The van der Waals surface area contributed by atoms with E-state index in [4.69, 9.17) is 9.84 Å². The van der Waals surface area contributed by atoms with E-state index in [1.165, 1.54) is 10.9 Å². The Morgan fingerprint density at radius 3 is 2.79 bits per heavy atom. The summed E-state index contributed by atoms with van der Waals surface area (Å²) in [7, 11) is 0. The first kappa shape index (κ1) is 16.1. The number of hydrogen-bond donors (Lipinski definition) is 2. The van der Waals surface area contributed by atoms with Crippen molar-refractivity contribution in [2.75, 3.05) is 5.32 Å². The molecule has 8 nitrogen and oxygen atoms in total. The highest BCUT2D eigenvalue weighted by Gasteiger charge is 2.34. The Morgan fingerprint density at radius 1 is 1.38 bits per heavy atom. The monoisotopic (exact) mass is 330 g/mol. The summed E-state index contributed by atoms with van der Waals surface area (Å²) in [5.41, 5.74) is 1.07. The summed E-state index contributed by atoms with van der Waals surface area (Å²) in [6.45, 7) is 3.85. The van der Waals surface area contributed by atoms with Crippen molar-refractivity contribution in [3.63, 3.8) is 0 Å². The van der Waals surface area contributed by atoms with Gasteiger partial charge in [0.25, 0.3) is 0 Å². The van der Waals surface area contributed by atoms with Gasteiger partial charge >= 0.3 is 5.97 Å². The summed E-state index contributed by atoms with van der Waals surface area (Å²) in [5, 5.41) is 19.1. The van der Waals surface area contributed by atoms with Crippen molar-refractivity contribution in [1.29, 1.82) is 0 Å². The molecule has 2 heterocycles. The van der Waals surface area contributed by atoms with E-state index in [2.05, 4.69) is 15.6 Å². The van der Waals surface area contributed by atoms with Gasteiger partial charge in [0.1, 0.15) is 0 Å². The minimum atomic E-state index is -1.14. The minimum Gasteiger partial charge on any atom is -0.476 e. The Kier molecular flexibility index (Phi) is 4.30. The van der Waals surface area contributed by atoms with Gasteiger partial charge in [-0.05, 0) is 38.5 Å². The third-order valence-electron chi connectivity index (χ3n) is 4.03. The zero-order valence-corrected chi connectivity index (χ0v) is 13.3. The van der Waals surface area contributed by atoms with Crippen LogP contribution < -0.4 is 5.32 Å². The highest BCUT2D eigenvalue weighted by Crippen LogP contribution is 2.27. The Hall–Kier alpha value is -2.74. The summed E-state index contributed by atoms with van der Waals surface area (Å²) in [6.07, 6.45) is 1.97. The lowest BCUT2D eigenvalue weighted by atomic mass is 9.99. The molecule has 1 aliphatic heterocycles. The van der Waals surface area contributed by atoms with Crippen molar-refractivity contribution in [3.05, 3.63) is 36.2 Å². The summed E-state index contributed by atoms with van der Waals surface area (Å²) in [4.78, 5) is 23.3. The standard InChI is InChI=1S/C16H18N4O4/c1-9-6-13(10(2)24-9)15(21)17-11-4-3-5-12(7-11)20-8-14(16(22)23)18-19-20/h3-5,7-10,13H,6H2,1-2H3,(H,17,21)(H,22,23). The maximum absolute atomic E-state index is 12.4. The van der Waals surface area contributed by atoms with E-state index in [-0.39, 0.29) is 29.7 Å². The van der Waals surface area contributed by atoms with Crippen molar-refractivity contribution in [2.24, 2.45) is 5.92 Å². The summed E-state index contributed by atoms with van der Waals surface area (Å²) >= 11 is 0. The van der Waals surface area contributed by atoms with Crippen molar-refractivity contribution >= 4 is 17.6 Å². The number of amides is 1. The van der Waals surface area contributed by atoms with Gasteiger partial charge in [0, 0.05) is 5.69 Å². The van der Waals surface area contributed by atoms with Gasteiger partial charge in [0.2, 0.25) is 5.91 Å². The van der Waals surface area contributed by atoms with Crippen LogP contribution in [0.25, 0.3) is 5.69 Å². The molecule has 0 spiro atoms. The van der Waals surface area contributed by atoms with Crippen LogP contribution in [0.3, 0.4) is 0 Å². The summed E-state index contributed by atoms with van der Waals surface area (Å²) < 4.78 is 6.96. The third-order valence-corrected chi connectivity index (χ3v) is 4.03. The smallest absolute Gasteiger partial charge is 0.358 e. The normalized spacial score (nSPS) is 23.2. The van der Waals surface area contributed by atoms with E-state index in [0.29, 0.717) is 17.8 Å². The molecule has 1 saturated heterocycles. The predicted molar refractivity (Wildman–Crippen MR) is 85.1 cm³/mol. The molecule has 1 aromatic carbocycles. The molecule has 3 unspecified atom stereocenters. The second-order valence-electron chi connectivity index (χ2n) is 5.89. The number of benzene rings is 1. The number of rotatable bonds is 4. The number of carbonyl (C=O) groups excluding carboxylic acids is 1. The second kappa shape index (κ2) is 6.40. The molecule has 0 bridgehead atoms. The molecule has 24 heavy (non-hydrogen) atoms. The van der Waals surface area contributed by atoms with Crippen LogP contribution in [0, 0.1) is 5.92 Å². The lowest BCUT2D eigenvalue weighted by molar-refractivity contribution is -0.121. The Labute approximate surface area is 138 Å². The highest BCUT2D eigenvalue weighted by atomic mass is 16.5. The van der Waals surface area contributed by atoms with Crippen LogP contribution in [0.5, 0.6) is 0 Å². The molecule has 0 saturated carbocycles. The number of anilines is 1. The number of nitrogens with one attached hydrogen (secondary N) is 1. The maximum Gasteiger partial charge on any atom is 0.358 e. The number of aromatic carboxylic acids is 1. The van der Waals surface area contributed by atoms with E-state index in [1.807, 2.05) is 13.8 Å². The molecule has 1 aliphatic rings. The molecule has 2 aromatic rings. The lowest BCUT2D eigenvalue weighted by Crippen LogP contribution is -2.27. The van der Waals surface area contributed by atoms with Crippen molar-refractivity contribution < 1.29 is 19.4 Å². The lowest BCUT2D eigenvalue weighted by Gasteiger charge is -2.14. The van der Waals surface area contributed by atoms with Crippen molar-refractivity contribution in [2.45, 2.75) is 32.5 Å². The Balaban J connectivity index is 1.75. The first-order valence-corrected chi connectivity index (χ1v) is 7.66. The molecular formula is C16H18N4O4. The number of carboxylic acid groups (broad SMARTS) is 1. The zero-order chi connectivity index (χ0) is 17.3. The molecule has 3 atom stereocenters. The number of carboxylic acids is 1. The summed E-state index contributed by atoms with van der Waals surface area (Å²) in [5.74, 6) is -1.42. The Bertz CT molecular complexity index is 773. The van der Waals surface area contributed by atoms with Gasteiger partial charge in [-0.2, -0.15) is 0 Å². The van der Waals surface area contributed by atoms with E-state index in [1.54, 1.807) is 24.3 Å². The summed E-state index contributed by atoms with van der Waals surface area (Å²) in [6, 6.07) is 6.98. The second-order valence-corrected chi connectivity index (χ2v) is 5.89. The number of hydrogen-bond acceptors (Lipinski definition) is 5. The van der Waals surface area contributed by atoms with E-state index in [9.17, 15) is 9.59 Å². The van der Waals surface area contributed by atoms with Gasteiger partial charge in [0.15, 0.2) is 5.69 Å². The SMILES string of the molecule is CC1CC(C(=O)Nc2cccc(-n3cc(C(=O)O)nn3)c2)C(C)O1. The molecule has 3 rings (SSSR count). The van der Waals surface area contributed by atoms with Crippen LogP contribution in [0.2, 0.25) is 0 Å². The van der Waals surface area contributed by atoms with Crippen LogP contribution in [0.4, 0.5) is 5.69 Å².